The van der Waals surface area contributed by atoms with Gasteiger partial charge in [0.2, 0.25) is 6.10 Å². The molecule has 0 radical (unpaired) electrons. The molecule has 45 heavy (non-hydrogen) atoms. The molecule has 9 nitrogen and oxygen atoms in total. The zero-order chi connectivity index (χ0) is 32.5. The SMILES string of the molecule is COC(=O)[C@@H]1OC(=O)N(C(=O)N(C2CCC(c3ccc(F)cc3OCC(F)(F)F)CC2)[C@@H]2CCNC2)[C@H]1c1ccc(F)c(F)c1. The molecule has 3 fully saturated rings. The number of hydrogen-bond acceptors (Lipinski definition) is 7. The number of halogens is 6. The molecule has 244 valence electrons. The van der Waals surface area contributed by atoms with Crippen LogP contribution in [0.4, 0.5) is 35.9 Å². The summed E-state index contributed by atoms with van der Waals surface area (Å²) in [4.78, 5) is 42.3. The summed E-state index contributed by atoms with van der Waals surface area (Å²) >= 11 is 0. The highest BCUT2D eigenvalue weighted by molar-refractivity contribution is 5.96. The summed E-state index contributed by atoms with van der Waals surface area (Å²) < 4.78 is 95.4. The average molecular weight is 644 g/mol. The molecule has 15 heteroatoms. The van der Waals surface area contributed by atoms with E-state index in [2.05, 4.69) is 5.32 Å². The van der Waals surface area contributed by atoms with E-state index in [4.69, 9.17) is 14.2 Å². The maximum atomic E-state index is 14.3. The summed E-state index contributed by atoms with van der Waals surface area (Å²) in [5, 5.41) is 3.18. The lowest BCUT2D eigenvalue weighted by Gasteiger charge is -2.42. The van der Waals surface area contributed by atoms with Crippen LogP contribution in [0.25, 0.3) is 0 Å². The third kappa shape index (κ3) is 6.97. The molecule has 1 aliphatic carbocycles. The first-order valence-corrected chi connectivity index (χ1v) is 14.4. The highest BCUT2D eigenvalue weighted by Gasteiger charge is 2.53. The van der Waals surface area contributed by atoms with Crippen LogP contribution in [0.15, 0.2) is 36.4 Å². The number of rotatable bonds is 7. The lowest BCUT2D eigenvalue weighted by atomic mass is 9.80. The summed E-state index contributed by atoms with van der Waals surface area (Å²) in [7, 11) is 1.05. The zero-order valence-corrected chi connectivity index (χ0v) is 24.1. The van der Waals surface area contributed by atoms with Crippen molar-refractivity contribution in [2.45, 2.75) is 68.4 Å². The molecule has 3 atom stereocenters. The number of amides is 3. The number of nitrogens with one attached hydrogen (secondary N) is 1. The zero-order valence-electron chi connectivity index (χ0n) is 24.1. The van der Waals surface area contributed by atoms with E-state index in [1.54, 1.807) is 0 Å². The molecule has 0 spiro atoms. The predicted octanol–water partition coefficient (Wildman–Crippen LogP) is 5.59. The van der Waals surface area contributed by atoms with Gasteiger partial charge in [0, 0.05) is 24.7 Å². The quantitative estimate of drug-likeness (QED) is 0.311. The molecule has 0 aromatic heterocycles. The van der Waals surface area contributed by atoms with Crippen LogP contribution in [0, 0.1) is 17.5 Å². The van der Waals surface area contributed by atoms with Crippen LogP contribution in [0.5, 0.6) is 5.75 Å². The van der Waals surface area contributed by atoms with E-state index in [0.717, 1.165) is 42.3 Å². The second kappa shape index (κ2) is 13.2. The second-order valence-electron chi connectivity index (χ2n) is 11.2. The van der Waals surface area contributed by atoms with Crippen molar-refractivity contribution in [1.29, 1.82) is 0 Å². The smallest absolute Gasteiger partial charge is 0.422 e. The van der Waals surface area contributed by atoms with E-state index < -0.39 is 66.5 Å². The van der Waals surface area contributed by atoms with Gasteiger partial charge >= 0.3 is 24.3 Å². The Hall–Kier alpha value is -4.01. The van der Waals surface area contributed by atoms with Gasteiger partial charge in [-0.3, -0.25) is 0 Å². The Bertz CT molecular complexity index is 1430. The van der Waals surface area contributed by atoms with Crippen molar-refractivity contribution >= 4 is 18.1 Å². The minimum absolute atomic E-state index is 0.0561. The van der Waals surface area contributed by atoms with Gasteiger partial charge in [0.25, 0.3) is 0 Å². The van der Waals surface area contributed by atoms with E-state index in [1.165, 1.54) is 11.0 Å². The number of alkyl halides is 3. The van der Waals surface area contributed by atoms with Crippen molar-refractivity contribution in [3.63, 3.8) is 0 Å². The Kier molecular flexibility index (Phi) is 9.46. The van der Waals surface area contributed by atoms with E-state index in [9.17, 15) is 40.7 Å². The van der Waals surface area contributed by atoms with Gasteiger partial charge in [-0.2, -0.15) is 13.2 Å². The Balaban J connectivity index is 1.41. The van der Waals surface area contributed by atoms with E-state index >= 15 is 0 Å². The fourth-order valence-corrected chi connectivity index (χ4v) is 6.40. The van der Waals surface area contributed by atoms with Crippen LogP contribution in [-0.2, 0) is 14.3 Å². The van der Waals surface area contributed by atoms with Crippen LogP contribution in [0.2, 0.25) is 0 Å². The largest absolute Gasteiger partial charge is 0.484 e. The van der Waals surface area contributed by atoms with Gasteiger partial charge in [-0.05, 0) is 73.9 Å². The molecular weight excluding hydrogens is 612 g/mol. The molecule has 1 saturated carbocycles. The van der Waals surface area contributed by atoms with Crippen molar-refractivity contribution in [2.75, 3.05) is 26.8 Å². The number of methoxy groups -OCH3 is 1. The minimum atomic E-state index is -4.61. The number of ether oxygens (including phenoxy) is 3. The van der Waals surface area contributed by atoms with Crippen LogP contribution in [0.3, 0.4) is 0 Å². The topological polar surface area (TPSA) is 97.4 Å². The van der Waals surface area contributed by atoms with Crippen LogP contribution in [0.1, 0.15) is 55.2 Å². The van der Waals surface area contributed by atoms with E-state index in [1.807, 2.05) is 0 Å². The van der Waals surface area contributed by atoms with Crippen molar-refractivity contribution < 1.29 is 54.9 Å². The van der Waals surface area contributed by atoms with Crippen molar-refractivity contribution in [3.05, 3.63) is 65.0 Å². The number of nitrogens with zero attached hydrogens (tertiary/aromatic N) is 2. The fraction of sp³-hybridized carbons (Fsp3) is 0.500. The number of imide groups is 1. The summed E-state index contributed by atoms with van der Waals surface area (Å²) in [6.45, 7) is -0.591. The monoisotopic (exact) mass is 643 g/mol. The van der Waals surface area contributed by atoms with Crippen LogP contribution >= 0.6 is 0 Å². The number of urea groups is 1. The highest BCUT2D eigenvalue weighted by Crippen LogP contribution is 2.42. The first kappa shape index (κ1) is 32.4. The third-order valence-electron chi connectivity index (χ3n) is 8.46. The summed E-state index contributed by atoms with van der Waals surface area (Å²) in [5.74, 6) is -4.65. The number of benzene rings is 2. The normalized spacial score (nSPS) is 25.2. The van der Waals surface area contributed by atoms with Crippen molar-refractivity contribution in [3.8, 4) is 5.75 Å². The highest BCUT2D eigenvalue weighted by atomic mass is 19.4. The number of hydrogen-bond donors (Lipinski definition) is 1. The van der Waals surface area contributed by atoms with Gasteiger partial charge in [0.05, 0.1) is 7.11 Å². The van der Waals surface area contributed by atoms with Gasteiger partial charge in [0.1, 0.15) is 17.6 Å². The van der Waals surface area contributed by atoms with Crippen LogP contribution < -0.4 is 10.1 Å². The molecule has 3 amide bonds. The molecule has 0 bridgehead atoms. The maximum absolute atomic E-state index is 14.3. The summed E-state index contributed by atoms with van der Waals surface area (Å²) in [6, 6.07) is 3.16. The minimum Gasteiger partial charge on any atom is -0.484 e. The Morgan fingerprint density at radius 2 is 1.73 bits per heavy atom. The summed E-state index contributed by atoms with van der Waals surface area (Å²) in [5.41, 5.74) is 0.362. The number of cyclic esters (lactones) is 1. The van der Waals surface area contributed by atoms with Crippen molar-refractivity contribution in [2.24, 2.45) is 0 Å². The molecule has 2 heterocycles. The molecule has 2 aliphatic heterocycles. The molecule has 0 unspecified atom stereocenters. The predicted molar refractivity (Wildman–Crippen MR) is 145 cm³/mol. The molecule has 1 N–H and O–H groups in total. The number of esters is 1. The molecule has 5 rings (SSSR count). The maximum Gasteiger partial charge on any atom is 0.422 e. The Morgan fingerprint density at radius 3 is 2.36 bits per heavy atom. The molecule has 2 saturated heterocycles. The van der Waals surface area contributed by atoms with Gasteiger partial charge in [-0.15, -0.1) is 0 Å². The summed E-state index contributed by atoms with van der Waals surface area (Å²) in [6.07, 6.45) is -5.30. The standard InChI is InChI=1S/C30H31F6N3O6/c1-43-27(40)26-25(17-4-9-22(32)23(33)12-17)39(29(42)45-26)28(41)38(20-10-11-37-14-20)19-6-2-16(3-7-19)21-8-5-18(31)13-24(21)44-15-30(34,35)36/h4-5,8-9,12-13,16,19-20,25-26,37H,2-3,6-7,10-11,14-15H2,1H3/t16?,19?,20-,25+,26-/m1/s1. The molecular formula is C30H31F6N3O6. The van der Waals surface area contributed by atoms with Gasteiger partial charge in [-0.1, -0.05) is 12.1 Å². The Labute approximate surface area is 254 Å². The third-order valence-corrected chi connectivity index (χ3v) is 8.46. The first-order chi connectivity index (χ1) is 21.4. The van der Waals surface area contributed by atoms with E-state index in [0.29, 0.717) is 50.8 Å². The van der Waals surface area contributed by atoms with Gasteiger partial charge in [-0.25, -0.2) is 32.5 Å². The van der Waals surface area contributed by atoms with Crippen LogP contribution in [-0.4, -0.2) is 79.1 Å². The number of carbonyl (C=O) groups is 3. The average Bonchev–Trinajstić information content (AvgIpc) is 3.65. The lowest BCUT2D eigenvalue weighted by Crippen LogP contribution is -2.55. The number of carbonyl (C=O) groups excluding carboxylic acids is 3. The molecule has 2 aromatic rings. The van der Waals surface area contributed by atoms with Gasteiger partial charge < -0.3 is 24.4 Å². The molecule has 2 aromatic carbocycles. The fourth-order valence-electron chi connectivity index (χ4n) is 6.40. The first-order valence-electron chi connectivity index (χ1n) is 14.4. The lowest BCUT2D eigenvalue weighted by molar-refractivity contribution is -0.153. The van der Waals surface area contributed by atoms with E-state index in [-0.39, 0.29) is 23.3 Å². The Morgan fingerprint density at radius 1 is 1.00 bits per heavy atom. The van der Waals surface area contributed by atoms with Gasteiger partial charge in [0.15, 0.2) is 18.2 Å². The second-order valence-corrected chi connectivity index (χ2v) is 11.2. The molecule has 3 aliphatic rings. The van der Waals surface area contributed by atoms with Crippen molar-refractivity contribution in [1.82, 2.24) is 15.1 Å².